The zero-order valence-corrected chi connectivity index (χ0v) is 12.1. The van der Waals surface area contributed by atoms with Crippen molar-refractivity contribution in [2.75, 3.05) is 31.6 Å². The van der Waals surface area contributed by atoms with Crippen molar-refractivity contribution in [2.45, 2.75) is 20.3 Å². The second kappa shape index (κ2) is 8.45. The Bertz CT molecular complexity index is 437. The lowest BCUT2D eigenvalue weighted by Crippen LogP contribution is -2.35. The van der Waals surface area contributed by atoms with Crippen LogP contribution in [0.1, 0.15) is 30.6 Å². The lowest BCUT2D eigenvalue weighted by molar-refractivity contribution is -0.117. The molecule has 0 heterocycles. The van der Waals surface area contributed by atoms with Gasteiger partial charge in [-0.25, -0.2) is 0 Å². The van der Waals surface area contributed by atoms with E-state index in [0.717, 1.165) is 13.0 Å². The summed E-state index contributed by atoms with van der Waals surface area (Å²) in [5.41, 5.74) is 1.29. The smallest absolute Gasteiger partial charge is 0.238 e. The highest BCUT2D eigenvalue weighted by atomic mass is 16.3. The Hall–Kier alpha value is -1.72. The van der Waals surface area contributed by atoms with E-state index in [4.69, 9.17) is 5.11 Å². The number of carbonyl (C=O) groups excluding carboxylic acids is 2. The minimum absolute atomic E-state index is 0.0000525. The van der Waals surface area contributed by atoms with Gasteiger partial charge >= 0.3 is 0 Å². The number of rotatable bonds is 8. The first kappa shape index (κ1) is 16.3. The summed E-state index contributed by atoms with van der Waals surface area (Å²) in [5.74, 6) is -0.123. The summed E-state index contributed by atoms with van der Waals surface area (Å²) >= 11 is 0. The normalized spacial score (nSPS) is 10.6. The number of benzene rings is 1. The van der Waals surface area contributed by atoms with Crippen LogP contribution in [0.5, 0.6) is 0 Å². The molecule has 0 aromatic heterocycles. The van der Waals surface area contributed by atoms with Crippen molar-refractivity contribution in [2.24, 2.45) is 0 Å². The van der Waals surface area contributed by atoms with Gasteiger partial charge in [0.1, 0.15) is 0 Å². The van der Waals surface area contributed by atoms with Crippen LogP contribution in [0.25, 0.3) is 0 Å². The predicted octanol–water partition coefficient (Wildman–Crippen LogP) is 1.53. The second-order valence-corrected chi connectivity index (χ2v) is 4.68. The van der Waals surface area contributed by atoms with Gasteiger partial charge < -0.3 is 10.4 Å². The molecule has 0 saturated carbocycles. The van der Waals surface area contributed by atoms with Gasteiger partial charge in [0, 0.05) is 17.8 Å². The number of amides is 1. The van der Waals surface area contributed by atoms with Crippen LogP contribution in [0.2, 0.25) is 0 Å². The van der Waals surface area contributed by atoms with E-state index in [1.165, 1.54) is 6.92 Å². The average molecular weight is 278 g/mol. The van der Waals surface area contributed by atoms with Crippen LogP contribution in [0.4, 0.5) is 5.69 Å². The number of aliphatic hydroxyl groups is 1. The van der Waals surface area contributed by atoms with Crippen molar-refractivity contribution < 1.29 is 14.7 Å². The summed E-state index contributed by atoms with van der Waals surface area (Å²) < 4.78 is 0. The van der Waals surface area contributed by atoms with E-state index >= 15 is 0 Å². The van der Waals surface area contributed by atoms with Gasteiger partial charge in [-0.2, -0.15) is 0 Å². The Labute approximate surface area is 119 Å². The molecule has 0 spiro atoms. The third-order valence-electron chi connectivity index (χ3n) is 2.90. The minimum Gasteiger partial charge on any atom is -0.395 e. The fourth-order valence-corrected chi connectivity index (χ4v) is 1.92. The van der Waals surface area contributed by atoms with Gasteiger partial charge in [-0.05, 0) is 44.2 Å². The van der Waals surface area contributed by atoms with E-state index in [9.17, 15) is 9.59 Å². The van der Waals surface area contributed by atoms with E-state index in [1.807, 2.05) is 11.8 Å². The number of carbonyl (C=O) groups is 2. The molecule has 0 aliphatic heterocycles. The largest absolute Gasteiger partial charge is 0.395 e. The third kappa shape index (κ3) is 5.50. The van der Waals surface area contributed by atoms with Gasteiger partial charge in [0.2, 0.25) is 5.91 Å². The molecule has 1 aromatic carbocycles. The minimum atomic E-state index is -0.123. The highest BCUT2D eigenvalue weighted by molar-refractivity contribution is 5.96. The van der Waals surface area contributed by atoms with Crippen molar-refractivity contribution >= 4 is 17.4 Å². The van der Waals surface area contributed by atoms with Crippen molar-refractivity contribution in [3.8, 4) is 0 Å². The number of aliphatic hydroxyl groups excluding tert-OH is 1. The number of Topliss-reactive ketones (excluding diaryl/α,β-unsaturated/α-hetero) is 1. The Morgan fingerprint density at radius 2 is 1.85 bits per heavy atom. The van der Waals surface area contributed by atoms with Crippen LogP contribution in [0.15, 0.2) is 24.3 Å². The van der Waals surface area contributed by atoms with Gasteiger partial charge in [0.25, 0.3) is 0 Å². The van der Waals surface area contributed by atoms with E-state index in [1.54, 1.807) is 24.3 Å². The summed E-state index contributed by atoms with van der Waals surface area (Å²) in [5, 5.41) is 11.7. The van der Waals surface area contributed by atoms with E-state index < -0.39 is 0 Å². The number of nitrogens with zero attached hydrogens (tertiary/aromatic N) is 1. The SMILES string of the molecule is CCCN(CCO)CC(=O)Nc1ccc(C(C)=O)cc1. The highest BCUT2D eigenvalue weighted by Crippen LogP contribution is 2.10. The molecule has 0 saturated heterocycles. The molecule has 20 heavy (non-hydrogen) atoms. The summed E-state index contributed by atoms with van der Waals surface area (Å²) in [4.78, 5) is 24.9. The standard InChI is InChI=1S/C15H22N2O3/c1-3-8-17(9-10-18)11-15(20)16-14-6-4-13(5-7-14)12(2)19/h4-7,18H,3,8-11H2,1-2H3,(H,16,20). The average Bonchev–Trinajstić information content (AvgIpc) is 2.39. The molecule has 1 aromatic rings. The van der Waals surface area contributed by atoms with Crippen LogP contribution in [0, 0.1) is 0 Å². The molecule has 2 N–H and O–H groups in total. The molecule has 0 atom stereocenters. The summed E-state index contributed by atoms with van der Waals surface area (Å²) in [6.07, 6.45) is 0.931. The second-order valence-electron chi connectivity index (χ2n) is 4.68. The van der Waals surface area contributed by atoms with Crippen molar-refractivity contribution in [3.05, 3.63) is 29.8 Å². The van der Waals surface area contributed by atoms with Crippen molar-refractivity contribution in [1.29, 1.82) is 0 Å². The number of hydrogen-bond donors (Lipinski definition) is 2. The Balaban J connectivity index is 2.54. The Morgan fingerprint density at radius 3 is 2.35 bits per heavy atom. The summed E-state index contributed by atoms with van der Waals surface area (Å²) in [6, 6.07) is 6.81. The fraction of sp³-hybridized carbons (Fsp3) is 0.467. The van der Waals surface area contributed by atoms with Gasteiger partial charge in [-0.3, -0.25) is 14.5 Å². The molecule has 0 bridgehead atoms. The van der Waals surface area contributed by atoms with Crippen LogP contribution >= 0.6 is 0 Å². The molecule has 0 aliphatic carbocycles. The maximum absolute atomic E-state index is 11.9. The van der Waals surface area contributed by atoms with E-state index in [0.29, 0.717) is 17.8 Å². The molecule has 0 fully saturated rings. The monoisotopic (exact) mass is 278 g/mol. The molecular weight excluding hydrogens is 256 g/mol. The van der Waals surface area contributed by atoms with Crippen LogP contribution in [-0.4, -0.2) is 47.9 Å². The van der Waals surface area contributed by atoms with Crippen molar-refractivity contribution in [1.82, 2.24) is 4.90 Å². The van der Waals surface area contributed by atoms with Crippen LogP contribution in [-0.2, 0) is 4.79 Å². The number of ketones is 1. The molecule has 1 rings (SSSR count). The molecular formula is C15H22N2O3. The van der Waals surface area contributed by atoms with Gasteiger partial charge in [-0.15, -0.1) is 0 Å². The molecule has 110 valence electrons. The first-order valence-corrected chi connectivity index (χ1v) is 6.81. The zero-order valence-electron chi connectivity index (χ0n) is 12.1. The van der Waals surface area contributed by atoms with E-state index in [-0.39, 0.29) is 24.8 Å². The Morgan fingerprint density at radius 1 is 1.20 bits per heavy atom. The maximum atomic E-state index is 11.9. The lowest BCUT2D eigenvalue weighted by atomic mass is 10.1. The van der Waals surface area contributed by atoms with Crippen LogP contribution in [0.3, 0.4) is 0 Å². The van der Waals surface area contributed by atoms with Gasteiger partial charge in [-0.1, -0.05) is 6.92 Å². The molecule has 0 radical (unpaired) electrons. The first-order valence-electron chi connectivity index (χ1n) is 6.81. The molecule has 5 heteroatoms. The molecule has 0 unspecified atom stereocenters. The quantitative estimate of drug-likeness (QED) is 0.708. The third-order valence-corrected chi connectivity index (χ3v) is 2.90. The van der Waals surface area contributed by atoms with Crippen molar-refractivity contribution in [3.63, 3.8) is 0 Å². The number of anilines is 1. The number of nitrogens with one attached hydrogen (secondary N) is 1. The lowest BCUT2D eigenvalue weighted by Gasteiger charge is -2.19. The van der Waals surface area contributed by atoms with Gasteiger partial charge in [0.05, 0.1) is 13.2 Å². The first-order chi connectivity index (χ1) is 9.56. The topological polar surface area (TPSA) is 69.6 Å². The van der Waals surface area contributed by atoms with Gasteiger partial charge in [0.15, 0.2) is 5.78 Å². The highest BCUT2D eigenvalue weighted by Gasteiger charge is 2.09. The van der Waals surface area contributed by atoms with E-state index in [2.05, 4.69) is 5.32 Å². The predicted molar refractivity (Wildman–Crippen MR) is 78.9 cm³/mol. The molecule has 5 nitrogen and oxygen atoms in total. The molecule has 0 aliphatic rings. The molecule has 1 amide bonds. The summed E-state index contributed by atoms with van der Waals surface area (Å²) in [6.45, 7) is 5.10. The maximum Gasteiger partial charge on any atom is 0.238 e. The fourth-order valence-electron chi connectivity index (χ4n) is 1.92. The zero-order chi connectivity index (χ0) is 15.0. The van der Waals surface area contributed by atoms with Crippen LogP contribution < -0.4 is 5.32 Å². The number of hydrogen-bond acceptors (Lipinski definition) is 4. The summed E-state index contributed by atoms with van der Waals surface area (Å²) in [7, 11) is 0. The Kier molecular flexibility index (Phi) is 6.90.